The molecule has 138 valence electrons. The quantitative estimate of drug-likeness (QED) is 0.538. The Morgan fingerprint density at radius 1 is 1.04 bits per heavy atom. The largest absolute Gasteiger partial charge is 0.490 e. The van der Waals surface area contributed by atoms with Crippen molar-refractivity contribution >= 4 is 22.1 Å². The number of para-hydroxylation sites is 1. The van der Waals surface area contributed by atoms with Crippen molar-refractivity contribution in [2.45, 2.75) is 6.92 Å². The second kappa shape index (κ2) is 9.74. The van der Waals surface area contributed by atoms with Crippen LogP contribution < -0.4 is 9.46 Å². The maximum absolute atomic E-state index is 11.8. The van der Waals surface area contributed by atoms with Crippen LogP contribution in [0.3, 0.4) is 0 Å². The van der Waals surface area contributed by atoms with Crippen molar-refractivity contribution in [3.63, 3.8) is 0 Å². The minimum absolute atomic E-state index is 0.0365. The lowest BCUT2D eigenvalue weighted by Gasteiger charge is -2.09. The molecule has 6 nitrogen and oxygen atoms in total. The third-order valence-corrected chi connectivity index (χ3v) is 4.40. The summed E-state index contributed by atoms with van der Waals surface area (Å²) >= 11 is 0. The van der Waals surface area contributed by atoms with Crippen LogP contribution in [0.5, 0.6) is 5.75 Å². The van der Waals surface area contributed by atoms with E-state index in [1.54, 1.807) is 24.3 Å². The molecule has 0 bridgehead atoms. The Labute approximate surface area is 153 Å². The van der Waals surface area contributed by atoms with E-state index in [9.17, 15) is 13.2 Å². The van der Waals surface area contributed by atoms with Crippen molar-refractivity contribution in [2.24, 2.45) is 0 Å². The smallest absolute Gasteiger partial charge is 0.321 e. The first-order valence-corrected chi connectivity index (χ1v) is 9.58. The van der Waals surface area contributed by atoms with Gasteiger partial charge in [0.2, 0.25) is 10.0 Å². The molecule has 0 saturated carbocycles. The second-order valence-corrected chi connectivity index (χ2v) is 7.06. The molecule has 0 aliphatic heterocycles. The van der Waals surface area contributed by atoms with E-state index in [4.69, 9.17) is 9.47 Å². The summed E-state index contributed by atoms with van der Waals surface area (Å²) in [6, 6.07) is 16.5. The zero-order chi connectivity index (χ0) is 18.8. The molecule has 0 heterocycles. The topological polar surface area (TPSA) is 81.7 Å². The molecule has 0 radical (unpaired) electrons. The van der Waals surface area contributed by atoms with E-state index in [-0.39, 0.29) is 13.2 Å². The van der Waals surface area contributed by atoms with Gasteiger partial charge in [-0.1, -0.05) is 48.5 Å². The van der Waals surface area contributed by atoms with Gasteiger partial charge in [0.05, 0.1) is 0 Å². The van der Waals surface area contributed by atoms with Gasteiger partial charge in [-0.2, -0.15) is 0 Å². The van der Waals surface area contributed by atoms with Crippen molar-refractivity contribution in [1.82, 2.24) is 4.72 Å². The first-order valence-electron chi connectivity index (χ1n) is 8.03. The van der Waals surface area contributed by atoms with Crippen molar-refractivity contribution in [3.8, 4) is 5.75 Å². The first kappa shape index (κ1) is 19.7. The molecule has 1 N–H and O–H groups in total. The van der Waals surface area contributed by atoms with Crippen LogP contribution in [0.2, 0.25) is 0 Å². The number of rotatable bonds is 9. The Kier molecular flexibility index (Phi) is 7.37. The fraction of sp³-hybridized carbons (Fsp3) is 0.211. The number of sulfonamides is 1. The van der Waals surface area contributed by atoms with E-state index < -0.39 is 22.5 Å². The van der Waals surface area contributed by atoms with Gasteiger partial charge < -0.3 is 9.47 Å². The van der Waals surface area contributed by atoms with E-state index in [1.165, 1.54) is 6.08 Å². The Balaban J connectivity index is 1.69. The number of hydrogen-bond donors (Lipinski definition) is 1. The van der Waals surface area contributed by atoms with Gasteiger partial charge in [-0.05, 0) is 30.2 Å². The molecule has 0 atom stereocenters. The van der Waals surface area contributed by atoms with Gasteiger partial charge >= 0.3 is 5.97 Å². The van der Waals surface area contributed by atoms with Gasteiger partial charge in [0.1, 0.15) is 25.5 Å². The molecule has 2 rings (SSSR count). The normalized spacial score (nSPS) is 11.4. The lowest BCUT2D eigenvalue weighted by atomic mass is 10.2. The Bertz CT molecular complexity index is 847. The average molecular weight is 375 g/mol. The summed E-state index contributed by atoms with van der Waals surface area (Å²) in [5.41, 5.74) is 1.73. The van der Waals surface area contributed by atoms with Gasteiger partial charge in [-0.25, -0.2) is 13.1 Å². The second-order valence-electron chi connectivity index (χ2n) is 5.41. The van der Waals surface area contributed by atoms with Crippen LogP contribution in [0.4, 0.5) is 0 Å². The summed E-state index contributed by atoms with van der Waals surface area (Å²) in [6.07, 6.45) is 1.45. The number of aryl methyl sites for hydroxylation is 1. The highest BCUT2D eigenvalue weighted by molar-refractivity contribution is 7.92. The van der Waals surface area contributed by atoms with E-state index in [0.29, 0.717) is 0 Å². The summed E-state index contributed by atoms with van der Waals surface area (Å²) in [5.74, 6) is 0.0466. The maximum atomic E-state index is 11.8. The Morgan fingerprint density at radius 3 is 2.46 bits per heavy atom. The molecule has 2 aromatic carbocycles. The standard InChI is InChI=1S/C19H21NO5S/c1-16-7-5-6-10-18(16)24-12-13-25-19(21)15-20-26(22,23)14-11-17-8-3-2-4-9-17/h2-11,14,20H,12-13,15H2,1H3/b14-11+. The summed E-state index contributed by atoms with van der Waals surface area (Å²) in [6.45, 7) is 1.71. The fourth-order valence-corrected chi connectivity index (χ4v) is 2.77. The lowest BCUT2D eigenvalue weighted by Crippen LogP contribution is -2.30. The van der Waals surface area contributed by atoms with E-state index in [2.05, 4.69) is 4.72 Å². The fourth-order valence-electron chi connectivity index (χ4n) is 2.02. The monoisotopic (exact) mass is 375 g/mol. The van der Waals surface area contributed by atoms with Gasteiger partial charge in [0.25, 0.3) is 0 Å². The van der Waals surface area contributed by atoms with Crippen molar-refractivity contribution in [2.75, 3.05) is 19.8 Å². The van der Waals surface area contributed by atoms with Crippen molar-refractivity contribution in [1.29, 1.82) is 0 Å². The number of ether oxygens (including phenoxy) is 2. The number of hydrogen-bond acceptors (Lipinski definition) is 5. The molecule has 0 amide bonds. The van der Waals surface area contributed by atoms with Crippen LogP contribution in [0, 0.1) is 6.92 Å². The zero-order valence-electron chi connectivity index (χ0n) is 14.4. The van der Waals surface area contributed by atoms with Crippen LogP contribution in [0.25, 0.3) is 6.08 Å². The van der Waals surface area contributed by atoms with Crippen molar-refractivity contribution in [3.05, 3.63) is 71.1 Å². The van der Waals surface area contributed by atoms with Crippen LogP contribution in [0.15, 0.2) is 60.0 Å². The van der Waals surface area contributed by atoms with E-state index in [0.717, 1.165) is 22.3 Å². The maximum Gasteiger partial charge on any atom is 0.321 e. The number of benzene rings is 2. The summed E-state index contributed by atoms with van der Waals surface area (Å²) in [4.78, 5) is 11.6. The molecule has 26 heavy (non-hydrogen) atoms. The summed E-state index contributed by atoms with van der Waals surface area (Å²) < 4.78 is 36.3. The molecular weight excluding hydrogens is 354 g/mol. The third-order valence-electron chi connectivity index (χ3n) is 3.35. The van der Waals surface area contributed by atoms with Crippen LogP contribution in [-0.4, -0.2) is 34.1 Å². The molecule has 0 aliphatic carbocycles. The zero-order valence-corrected chi connectivity index (χ0v) is 15.2. The third kappa shape index (κ3) is 7.08. The molecule has 0 aliphatic rings. The van der Waals surface area contributed by atoms with Gasteiger partial charge in [-0.3, -0.25) is 4.79 Å². The highest BCUT2D eigenvalue weighted by atomic mass is 32.2. The van der Waals surface area contributed by atoms with E-state index >= 15 is 0 Å². The average Bonchev–Trinajstić information content (AvgIpc) is 2.64. The molecule has 0 aromatic heterocycles. The molecular formula is C19H21NO5S. The molecule has 0 unspecified atom stereocenters. The number of carbonyl (C=O) groups excluding carboxylic acids is 1. The predicted molar refractivity (Wildman–Crippen MR) is 100 cm³/mol. The number of nitrogens with one attached hydrogen (secondary N) is 1. The van der Waals surface area contributed by atoms with E-state index in [1.807, 2.05) is 37.3 Å². The minimum atomic E-state index is -3.72. The van der Waals surface area contributed by atoms with Gasteiger partial charge in [0.15, 0.2) is 0 Å². The SMILES string of the molecule is Cc1ccccc1OCCOC(=O)CNS(=O)(=O)/C=C/c1ccccc1. The lowest BCUT2D eigenvalue weighted by molar-refractivity contribution is -0.142. The molecule has 7 heteroatoms. The Morgan fingerprint density at radius 2 is 1.73 bits per heavy atom. The first-order chi connectivity index (χ1) is 12.5. The Hall–Kier alpha value is -2.64. The molecule has 0 spiro atoms. The number of carbonyl (C=O) groups is 1. The van der Waals surface area contributed by atoms with Crippen molar-refractivity contribution < 1.29 is 22.7 Å². The molecule has 2 aromatic rings. The highest BCUT2D eigenvalue weighted by Gasteiger charge is 2.10. The van der Waals surface area contributed by atoms with Gasteiger partial charge in [0, 0.05) is 5.41 Å². The summed E-state index contributed by atoms with van der Waals surface area (Å²) in [7, 11) is -3.72. The molecule has 0 saturated heterocycles. The number of esters is 1. The molecule has 0 fully saturated rings. The van der Waals surface area contributed by atoms with Crippen LogP contribution in [-0.2, 0) is 19.6 Å². The van der Waals surface area contributed by atoms with Gasteiger partial charge in [-0.15, -0.1) is 0 Å². The van der Waals surface area contributed by atoms with Crippen LogP contribution >= 0.6 is 0 Å². The minimum Gasteiger partial charge on any atom is -0.490 e. The predicted octanol–water partition coefficient (Wildman–Crippen LogP) is 2.51. The van der Waals surface area contributed by atoms with Crippen LogP contribution in [0.1, 0.15) is 11.1 Å². The summed E-state index contributed by atoms with van der Waals surface area (Å²) in [5, 5.41) is 1.01. The highest BCUT2D eigenvalue weighted by Crippen LogP contribution is 2.15.